The van der Waals surface area contributed by atoms with Crippen LogP contribution >= 0.6 is 0 Å². The van der Waals surface area contributed by atoms with Gasteiger partial charge >= 0.3 is 14.2 Å². The number of carbonyl (C=O) groups excluding carboxylic acids is 1. The molecule has 0 aromatic heterocycles. The van der Waals surface area contributed by atoms with Crippen LogP contribution in [0.2, 0.25) is 0 Å². The van der Waals surface area contributed by atoms with Crippen molar-refractivity contribution < 1.29 is 14.2 Å². The molecule has 0 saturated heterocycles. The molecule has 0 saturated carbocycles. The Kier molecular flexibility index (Phi) is 8.09. The fourth-order valence-electron chi connectivity index (χ4n) is 1.06. The van der Waals surface area contributed by atoms with Crippen molar-refractivity contribution in [3.63, 3.8) is 0 Å². The molecular formula is C10H19BO3. The van der Waals surface area contributed by atoms with E-state index in [0.717, 1.165) is 25.7 Å². The van der Waals surface area contributed by atoms with Crippen molar-refractivity contribution in [1.82, 2.24) is 0 Å². The maximum absolute atomic E-state index is 10.9. The molecule has 0 rings (SSSR count). The Morgan fingerprint density at radius 3 is 2.71 bits per heavy atom. The van der Waals surface area contributed by atoms with Crippen molar-refractivity contribution in [2.45, 2.75) is 45.6 Å². The van der Waals surface area contributed by atoms with E-state index in [0.29, 0.717) is 0 Å². The van der Waals surface area contributed by atoms with Crippen LogP contribution in [0.1, 0.15) is 39.5 Å². The van der Waals surface area contributed by atoms with Crippen LogP contribution in [-0.2, 0) is 9.39 Å². The summed E-state index contributed by atoms with van der Waals surface area (Å²) in [5, 5.41) is 0. The topological polar surface area (TPSA) is 35.5 Å². The Morgan fingerprint density at radius 2 is 2.21 bits per heavy atom. The van der Waals surface area contributed by atoms with E-state index < -0.39 is 6.16 Å². The second-order valence-corrected chi connectivity index (χ2v) is 3.09. The van der Waals surface area contributed by atoms with Gasteiger partial charge in [0.25, 0.3) is 0 Å². The minimum absolute atomic E-state index is 0.137. The van der Waals surface area contributed by atoms with Gasteiger partial charge in [0.1, 0.15) is 6.10 Å². The van der Waals surface area contributed by atoms with E-state index in [9.17, 15) is 4.79 Å². The molecule has 0 aliphatic heterocycles. The van der Waals surface area contributed by atoms with Gasteiger partial charge in [-0.1, -0.05) is 26.3 Å². The molecule has 80 valence electrons. The maximum Gasteiger partial charge on any atom is 0.490 e. The molecule has 0 aromatic rings. The standard InChI is InChI=1S/C10H19BO3/c1-3-5-7-9(8-6-4-2)13-10(12)14-11/h5,7,9H,3-4,6,8,11H2,1-2H3/b7-5+. The monoisotopic (exact) mass is 198 g/mol. The molecule has 0 amide bonds. The molecule has 0 aliphatic carbocycles. The number of unbranched alkanes of at least 4 members (excludes halogenated alkanes) is 1. The third-order valence-corrected chi connectivity index (χ3v) is 1.84. The van der Waals surface area contributed by atoms with Gasteiger partial charge in [0.15, 0.2) is 0 Å². The minimum Gasteiger partial charge on any atom is -0.513 e. The molecule has 0 aliphatic rings. The molecule has 3 nitrogen and oxygen atoms in total. The van der Waals surface area contributed by atoms with E-state index in [1.54, 1.807) is 0 Å². The van der Waals surface area contributed by atoms with Crippen molar-refractivity contribution in [2.24, 2.45) is 0 Å². The largest absolute Gasteiger partial charge is 0.513 e. The summed E-state index contributed by atoms with van der Waals surface area (Å²) in [7, 11) is 1.32. The molecule has 0 aromatic carbocycles. The summed E-state index contributed by atoms with van der Waals surface area (Å²) in [5.74, 6) is 0. The van der Waals surface area contributed by atoms with E-state index in [4.69, 9.17) is 4.74 Å². The van der Waals surface area contributed by atoms with Crippen molar-refractivity contribution in [1.29, 1.82) is 0 Å². The summed E-state index contributed by atoms with van der Waals surface area (Å²) in [5.41, 5.74) is 0. The SMILES string of the molecule is BOC(=O)OC(/C=C/CC)CCCC. The first-order chi connectivity index (χ1) is 6.74. The van der Waals surface area contributed by atoms with Crippen molar-refractivity contribution >= 4 is 14.2 Å². The van der Waals surface area contributed by atoms with Crippen LogP contribution in [0.4, 0.5) is 4.79 Å². The molecule has 1 unspecified atom stereocenters. The van der Waals surface area contributed by atoms with E-state index in [1.807, 2.05) is 19.1 Å². The molecular weight excluding hydrogens is 179 g/mol. The highest BCUT2D eigenvalue weighted by atomic mass is 16.7. The maximum atomic E-state index is 10.9. The smallest absolute Gasteiger partial charge is 0.490 e. The Hall–Kier alpha value is -0.925. The average molecular weight is 198 g/mol. The fourth-order valence-corrected chi connectivity index (χ4v) is 1.06. The second kappa shape index (κ2) is 8.66. The van der Waals surface area contributed by atoms with Crippen molar-refractivity contribution in [2.75, 3.05) is 0 Å². The summed E-state index contributed by atoms with van der Waals surface area (Å²) >= 11 is 0. The zero-order chi connectivity index (χ0) is 10.8. The lowest BCUT2D eigenvalue weighted by molar-refractivity contribution is 0.0749. The van der Waals surface area contributed by atoms with Gasteiger partial charge in [-0.3, -0.25) is 0 Å². The zero-order valence-corrected chi connectivity index (χ0v) is 9.29. The molecule has 1 atom stereocenters. The number of hydrogen-bond donors (Lipinski definition) is 0. The summed E-state index contributed by atoms with van der Waals surface area (Å²) in [4.78, 5) is 10.9. The summed E-state index contributed by atoms with van der Waals surface area (Å²) in [6.45, 7) is 4.16. The molecule has 0 radical (unpaired) electrons. The Balaban J connectivity index is 3.96. The first-order valence-electron chi connectivity index (χ1n) is 5.15. The van der Waals surface area contributed by atoms with E-state index in [-0.39, 0.29) is 6.10 Å². The van der Waals surface area contributed by atoms with Gasteiger partial charge in [0.05, 0.1) is 0 Å². The van der Waals surface area contributed by atoms with Crippen LogP contribution in [0, 0.1) is 0 Å². The second-order valence-electron chi connectivity index (χ2n) is 3.09. The van der Waals surface area contributed by atoms with Gasteiger partial charge in [-0.15, -0.1) is 0 Å². The predicted molar refractivity (Wildman–Crippen MR) is 58.9 cm³/mol. The van der Waals surface area contributed by atoms with Crippen LogP contribution in [0.25, 0.3) is 0 Å². The number of hydrogen-bond acceptors (Lipinski definition) is 3. The van der Waals surface area contributed by atoms with E-state index >= 15 is 0 Å². The number of allylic oxidation sites excluding steroid dienone is 1. The molecule has 0 fully saturated rings. The first kappa shape index (κ1) is 13.1. The van der Waals surface area contributed by atoms with Crippen LogP contribution in [0.3, 0.4) is 0 Å². The van der Waals surface area contributed by atoms with Gasteiger partial charge in [-0.2, -0.15) is 0 Å². The Labute approximate surface area is 86.9 Å². The van der Waals surface area contributed by atoms with Gasteiger partial charge in [0, 0.05) is 0 Å². The Morgan fingerprint density at radius 1 is 1.50 bits per heavy atom. The minimum atomic E-state index is -0.605. The van der Waals surface area contributed by atoms with Gasteiger partial charge < -0.3 is 9.39 Å². The normalized spacial score (nSPS) is 12.7. The average Bonchev–Trinajstić information content (AvgIpc) is 2.21. The summed E-state index contributed by atoms with van der Waals surface area (Å²) in [6.07, 6.45) is 7.15. The Bertz CT molecular complexity index is 180. The van der Waals surface area contributed by atoms with Crippen LogP contribution in [0.5, 0.6) is 0 Å². The highest BCUT2D eigenvalue weighted by molar-refractivity contribution is 6.04. The molecule has 0 bridgehead atoms. The first-order valence-corrected chi connectivity index (χ1v) is 5.15. The summed E-state index contributed by atoms with van der Waals surface area (Å²) < 4.78 is 9.50. The van der Waals surface area contributed by atoms with E-state index in [2.05, 4.69) is 11.6 Å². The van der Waals surface area contributed by atoms with Gasteiger partial charge in [-0.25, -0.2) is 4.79 Å². The van der Waals surface area contributed by atoms with Crippen molar-refractivity contribution in [3.8, 4) is 0 Å². The fraction of sp³-hybridized carbons (Fsp3) is 0.700. The lowest BCUT2D eigenvalue weighted by Gasteiger charge is -2.12. The quantitative estimate of drug-likeness (QED) is 0.373. The van der Waals surface area contributed by atoms with Crippen LogP contribution < -0.4 is 0 Å². The molecule has 0 N–H and O–H groups in total. The summed E-state index contributed by atoms with van der Waals surface area (Å²) in [6, 6.07) is 0. The zero-order valence-electron chi connectivity index (χ0n) is 9.29. The lowest BCUT2D eigenvalue weighted by Crippen LogP contribution is -2.16. The number of rotatable bonds is 6. The molecule has 4 heteroatoms. The highest BCUT2D eigenvalue weighted by Crippen LogP contribution is 2.07. The number of carbonyl (C=O) groups is 1. The van der Waals surface area contributed by atoms with Crippen LogP contribution in [0.15, 0.2) is 12.2 Å². The predicted octanol–water partition coefficient (Wildman–Crippen LogP) is 2.21. The molecule has 14 heavy (non-hydrogen) atoms. The lowest BCUT2D eigenvalue weighted by atomic mass is 10.1. The van der Waals surface area contributed by atoms with Gasteiger partial charge in [-0.05, 0) is 25.3 Å². The van der Waals surface area contributed by atoms with Gasteiger partial charge in [0.2, 0.25) is 0 Å². The third kappa shape index (κ3) is 6.58. The molecule has 0 heterocycles. The van der Waals surface area contributed by atoms with Crippen LogP contribution in [-0.4, -0.2) is 20.3 Å². The molecule has 0 spiro atoms. The third-order valence-electron chi connectivity index (χ3n) is 1.84. The number of ether oxygens (including phenoxy) is 1. The van der Waals surface area contributed by atoms with Crippen molar-refractivity contribution in [3.05, 3.63) is 12.2 Å². The van der Waals surface area contributed by atoms with E-state index in [1.165, 1.54) is 8.05 Å². The highest BCUT2D eigenvalue weighted by Gasteiger charge is 2.09.